The Morgan fingerprint density at radius 1 is 0.720 bits per heavy atom. The molecular formula is C22H18O3. The molecule has 0 atom stereocenters. The van der Waals surface area contributed by atoms with Crippen LogP contribution in [0, 0.1) is 6.92 Å². The van der Waals surface area contributed by atoms with Crippen LogP contribution in [-0.4, -0.2) is 17.3 Å². The van der Waals surface area contributed by atoms with Crippen LogP contribution in [0.2, 0.25) is 0 Å². The van der Waals surface area contributed by atoms with Crippen LogP contribution in [0.5, 0.6) is 17.2 Å². The molecule has 0 saturated heterocycles. The number of hydrogen-bond donors (Lipinski definition) is 2. The van der Waals surface area contributed by atoms with E-state index in [4.69, 9.17) is 4.74 Å². The topological polar surface area (TPSA) is 49.7 Å². The van der Waals surface area contributed by atoms with Gasteiger partial charge in [-0.25, -0.2) is 0 Å². The van der Waals surface area contributed by atoms with E-state index >= 15 is 0 Å². The van der Waals surface area contributed by atoms with Crippen molar-refractivity contribution in [3.63, 3.8) is 0 Å². The van der Waals surface area contributed by atoms with Gasteiger partial charge in [-0.3, -0.25) is 0 Å². The van der Waals surface area contributed by atoms with Crippen LogP contribution >= 0.6 is 0 Å². The van der Waals surface area contributed by atoms with E-state index in [0.717, 1.165) is 21.7 Å². The molecule has 25 heavy (non-hydrogen) atoms. The average Bonchev–Trinajstić information content (AvgIpc) is 2.64. The number of aromatic hydroxyl groups is 2. The lowest BCUT2D eigenvalue weighted by molar-refractivity contribution is 0.415. The molecule has 4 aromatic rings. The van der Waals surface area contributed by atoms with E-state index in [1.807, 2.05) is 61.5 Å². The van der Waals surface area contributed by atoms with Gasteiger partial charge < -0.3 is 14.9 Å². The Morgan fingerprint density at radius 3 is 2.08 bits per heavy atom. The Balaban J connectivity index is 2.21. The first-order valence-electron chi connectivity index (χ1n) is 8.12. The third-order valence-corrected chi connectivity index (χ3v) is 4.74. The van der Waals surface area contributed by atoms with E-state index in [-0.39, 0.29) is 11.5 Å². The van der Waals surface area contributed by atoms with Crippen molar-refractivity contribution in [3.05, 3.63) is 66.2 Å². The highest BCUT2D eigenvalue weighted by Gasteiger charge is 2.21. The zero-order chi connectivity index (χ0) is 17.6. The summed E-state index contributed by atoms with van der Waals surface area (Å²) in [6.45, 7) is 1.90. The maximum absolute atomic E-state index is 11.0. The van der Waals surface area contributed by atoms with E-state index < -0.39 is 0 Å². The molecule has 0 saturated carbocycles. The summed E-state index contributed by atoms with van der Waals surface area (Å²) < 4.78 is 5.63. The van der Waals surface area contributed by atoms with Crippen LogP contribution in [-0.2, 0) is 0 Å². The van der Waals surface area contributed by atoms with Crippen molar-refractivity contribution in [2.24, 2.45) is 0 Å². The number of fused-ring (bicyclic) bond motifs is 2. The minimum Gasteiger partial charge on any atom is -0.507 e. The molecule has 0 spiro atoms. The van der Waals surface area contributed by atoms with Gasteiger partial charge in [-0.15, -0.1) is 0 Å². The molecule has 0 radical (unpaired) electrons. The SMILES string of the molecule is COc1c(C)c(-c2c(O)ccc3ccccc23)c(O)c2ccccc12. The van der Waals surface area contributed by atoms with Crippen LogP contribution in [0.4, 0.5) is 0 Å². The minimum atomic E-state index is 0.134. The summed E-state index contributed by atoms with van der Waals surface area (Å²) in [6.07, 6.45) is 0. The van der Waals surface area contributed by atoms with Crippen LogP contribution < -0.4 is 4.74 Å². The van der Waals surface area contributed by atoms with Gasteiger partial charge in [-0.2, -0.15) is 0 Å². The standard InChI is InChI=1S/C22H18O3/c1-13-19(20-15-8-4-3-7-14(15)11-12-18(20)23)21(24)16-9-5-6-10-17(16)22(13)25-2/h3-12,23-24H,1-2H3. The van der Waals surface area contributed by atoms with Crippen LogP contribution in [0.1, 0.15) is 5.56 Å². The zero-order valence-electron chi connectivity index (χ0n) is 14.1. The number of rotatable bonds is 2. The fourth-order valence-electron chi connectivity index (χ4n) is 3.61. The number of benzene rings is 4. The zero-order valence-corrected chi connectivity index (χ0v) is 14.1. The highest BCUT2D eigenvalue weighted by molar-refractivity contribution is 6.08. The van der Waals surface area contributed by atoms with Crippen molar-refractivity contribution in [1.29, 1.82) is 0 Å². The molecule has 0 unspecified atom stereocenters. The van der Waals surface area contributed by atoms with Gasteiger partial charge in [0.2, 0.25) is 0 Å². The summed E-state index contributed by atoms with van der Waals surface area (Å²) in [5.74, 6) is 0.991. The second-order valence-corrected chi connectivity index (χ2v) is 6.11. The van der Waals surface area contributed by atoms with Gasteiger partial charge in [0.25, 0.3) is 0 Å². The van der Waals surface area contributed by atoms with E-state index in [9.17, 15) is 10.2 Å². The summed E-state index contributed by atoms with van der Waals surface area (Å²) in [5.41, 5.74) is 2.02. The van der Waals surface area contributed by atoms with Gasteiger partial charge in [0.1, 0.15) is 17.2 Å². The lowest BCUT2D eigenvalue weighted by atomic mass is 9.90. The second-order valence-electron chi connectivity index (χ2n) is 6.11. The molecule has 0 aliphatic heterocycles. The van der Waals surface area contributed by atoms with E-state index in [2.05, 4.69) is 0 Å². The second kappa shape index (κ2) is 5.71. The molecule has 0 aliphatic rings. The smallest absolute Gasteiger partial charge is 0.131 e. The first kappa shape index (κ1) is 15.3. The third kappa shape index (κ3) is 2.20. The number of ether oxygens (including phenoxy) is 1. The monoisotopic (exact) mass is 330 g/mol. The van der Waals surface area contributed by atoms with Gasteiger partial charge in [0.05, 0.1) is 7.11 Å². The number of phenolic OH excluding ortho intramolecular Hbond substituents is 2. The number of methoxy groups -OCH3 is 1. The van der Waals surface area contributed by atoms with Crippen molar-refractivity contribution >= 4 is 21.5 Å². The van der Waals surface area contributed by atoms with Crippen molar-refractivity contribution in [2.45, 2.75) is 6.92 Å². The fourth-order valence-corrected chi connectivity index (χ4v) is 3.61. The van der Waals surface area contributed by atoms with Crippen LogP contribution in [0.3, 0.4) is 0 Å². The molecule has 124 valence electrons. The molecule has 3 nitrogen and oxygen atoms in total. The van der Waals surface area contributed by atoms with Crippen LogP contribution in [0.15, 0.2) is 60.7 Å². The fraction of sp³-hybridized carbons (Fsp3) is 0.0909. The predicted octanol–water partition coefficient (Wildman–Crippen LogP) is 5.39. The summed E-state index contributed by atoms with van der Waals surface area (Å²) >= 11 is 0. The highest BCUT2D eigenvalue weighted by atomic mass is 16.5. The van der Waals surface area contributed by atoms with Crippen molar-refractivity contribution in [3.8, 4) is 28.4 Å². The molecule has 0 heterocycles. The van der Waals surface area contributed by atoms with Gasteiger partial charge >= 0.3 is 0 Å². The quantitative estimate of drug-likeness (QED) is 0.518. The molecule has 3 heteroatoms. The first-order valence-corrected chi connectivity index (χ1v) is 8.12. The average molecular weight is 330 g/mol. The molecule has 0 fully saturated rings. The maximum Gasteiger partial charge on any atom is 0.131 e. The Bertz CT molecular complexity index is 1110. The summed E-state index contributed by atoms with van der Waals surface area (Å²) in [7, 11) is 1.62. The lowest BCUT2D eigenvalue weighted by Crippen LogP contribution is -1.95. The molecule has 4 aromatic carbocycles. The third-order valence-electron chi connectivity index (χ3n) is 4.74. The van der Waals surface area contributed by atoms with E-state index in [0.29, 0.717) is 22.3 Å². The van der Waals surface area contributed by atoms with Crippen molar-refractivity contribution < 1.29 is 14.9 Å². The molecule has 0 aliphatic carbocycles. The molecule has 0 aromatic heterocycles. The summed E-state index contributed by atoms with van der Waals surface area (Å²) in [5, 5.41) is 25.1. The lowest BCUT2D eigenvalue weighted by Gasteiger charge is -2.19. The molecule has 0 amide bonds. The normalized spacial score (nSPS) is 11.1. The first-order chi connectivity index (χ1) is 12.1. The van der Waals surface area contributed by atoms with Gasteiger partial charge in [0.15, 0.2) is 0 Å². The maximum atomic E-state index is 11.0. The Labute approximate surface area is 145 Å². The van der Waals surface area contributed by atoms with Crippen molar-refractivity contribution in [1.82, 2.24) is 0 Å². The molecule has 0 bridgehead atoms. The van der Waals surface area contributed by atoms with E-state index in [1.165, 1.54) is 0 Å². The van der Waals surface area contributed by atoms with Crippen molar-refractivity contribution in [2.75, 3.05) is 7.11 Å². The highest BCUT2D eigenvalue weighted by Crippen LogP contribution is 2.49. The largest absolute Gasteiger partial charge is 0.507 e. The van der Waals surface area contributed by atoms with E-state index in [1.54, 1.807) is 13.2 Å². The summed E-state index contributed by atoms with van der Waals surface area (Å²) in [4.78, 5) is 0. The van der Waals surface area contributed by atoms with Gasteiger partial charge in [-0.1, -0.05) is 54.6 Å². The minimum absolute atomic E-state index is 0.134. The predicted molar refractivity (Wildman–Crippen MR) is 102 cm³/mol. The molecule has 4 rings (SSSR count). The van der Waals surface area contributed by atoms with Crippen LogP contribution in [0.25, 0.3) is 32.7 Å². The summed E-state index contributed by atoms with van der Waals surface area (Å²) in [6, 6.07) is 18.9. The molecular weight excluding hydrogens is 312 g/mol. The number of hydrogen-bond acceptors (Lipinski definition) is 3. The Kier molecular flexibility index (Phi) is 3.50. The molecule has 2 N–H and O–H groups in total. The number of phenols is 2. The van der Waals surface area contributed by atoms with Gasteiger partial charge in [-0.05, 0) is 23.8 Å². The Hall–Kier alpha value is -3.20. The Morgan fingerprint density at radius 2 is 1.36 bits per heavy atom. The van der Waals surface area contributed by atoms with Gasteiger partial charge in [0, 0.05) is 27.5 Å².